The first kappa shape index (κ1) is 17.2. The molecule has 0 aliphatic carbocycles. The van der Waals surface area contributed by atoms with Crippen LogP contribution in [0.1, 0.15) is 36.8 Å². The lowest BCUT2D eigenvalue weighted by molar-refractivity contribution is -0.0541. The number of piperidine rings is 1. The molecule has 1 N–H and O–H groups in total. The van der Waals surface area contributed by atoms with Crippen molar-refractivity contribution in [1.82, 2.24) is 19.5 Å². The zero-order valence-electron chi connectivity index (χ0n) is 15.4. The van der Waals surface area contributed by atoms with Crippen molar-refractivity contribution in [2.45, 2.75) is 50.0 Å². The minimum atomic E-state index is -1.00. The summed E-state index contributed by atoms with van der Waals surface area (Å²) in [6.07, 6.45) is 7.68. The molecule has 7 heteroatoms. The normalized spacial score (nSPS) is 26.5. The minimum Gasteiger partial charge on any atom is -0.445 e. The summed E-state index contributed by atoms with van der Waals surface area (Å²) in [7, 11) is 0. The smallest absolute Gasteiger partial charge is 0.410 e. The number of ether oxygens (including phenoxy) is 1. The van der Waals surface area contributed by atoms with Gasteiger partial charge < -0.3 is 14.7 Å². The molecule has 2 aliphatic rings. The number of nitrogens with zero attached hydrogens (tertiary/aromatic N) is 4. The second-order valence-corrected chi connectivity index (χ2v) is 7.75. The molecule has 2 unspecified atom stereocenters. The predicted octanol–water partition coefficient (Wildman–Crippen LogP) is 2.88. The zero-order chi connectivity index (χ0) is 19.1. The number of aliphatic hydroxyl groups is 1. The summed E-state index contributed by atoms with van der Waals surface area (Å²) in [5.74, 6) is 0. The largest absolute Gasteiger partial charge is 0.445 e. The summed E-state index contributed by atoms with van der Waals surface area (Å²) in [5, 5.41) is 15.6. The van der Waals surface area contributed by atoms with E-state index in [0.717, 1.165) is 29.6 Å². The Kier molecular flexibility index (Phi) is 4.05. The molecule has 2 bridgehead atoms. The van der Waals surface area contributed by atoms with E-state index in [2.05, 4.69) is 10.1 Å². The van der Waals surface area contributed by atoms with Crippen molar-refractivity contribution in [3.63, 3.8) is 0 Å². The Bertz CT molecular complexity index is 989. The summed E-state index contributed by atoms with van der Waals surface area (Å²) < 4.78 is 7.22. The fourth-order valence-corrected chi connectivity index (χ4v) is 4.60. The van der Waals surface area contributed by atoms with Gasteiger partial charge in [0.2, 0.25) is 0 Å². The fourth-order valence-electron chi connectivity index (χ4n) is 4.60. The van der Waals surface area contributed by atoms with Gasteiger partial charge in [0.15, 0.2) is 5.65 Å². The van der Waals surface area contributed by atoms with Crippen molar-refractivity contribution in [2.24, 2.45) is 0 Å². The number of hydrogen-bond acceptors (Lipinski definition) is 5. The van der Waals surface area contributed by atoms with Gasteiger partial charge in [0.1, 0.15) is 6.61 Å². The van der Waals surface area contributed by atoms with Gasteiger partial charge in [0, 0.05) is 48.9 Å². The van der Waals surface area contributed by atoms with Gasteiger partial charge in [-0.15, -0.1) is 0 Å². The summed E-state index contributed by atoms with van der Waals surface area (Å²) >= 11 is 0. The maximum Gasteiger partial charge on any atom is 0.410 e. The van der Waals surface area contributed by atoms with Crippen LogP contribution < -0.4 is 0 Å². The van der Waals surface area contributed by atoms with Gasteiger partial charge in [-0.2, -0.15) is 5.10 Å². The molecule has 0 spiro atoms. The molecule has 0 radical (unpaired) electrons. The van der Waals surface area contributed by atoms with Crippen LogP contribution in [0.5, 0.6) is 0 Å². The SMILES string of the molecule is O=C(OCc1ccccc1)N1C2CCC1CC(O)(c1cnc3ccnn3c1)C2. The standard InChI is InChI=1S/C21H22N4O3/c26-20(28-14-15-4-2-1-3-5-15)25-17-6-7-18(25)11-21(27,10-17)16-12-22-19-8-9-23-24(19)13-16/h1-5,8-9,12-13,17-18,27H,6-7,10-11,14H2. The van der Waals surface area contributed by atoms with E-state index < -0.39 is 5.60 Å². The van der Waals surface area contributed by atoms with Gasteiger partial charge in [-0.25, -0.2) is 14.3 Å². The lowest BCUT2D eigenvalue weighted by atomic mass is 9.82. The highest BCUT2D eigenvalue weighted by Gasteiger charge is 2.50. The van der Waals surface area contributed by atoms with E-state index in [0.29, 0.717) is 12.8 Å². The van der Waals surface area contributed by atoms with Crippen LogP contribution in [0.4, 0.5) is 4.79 Å². The molecule has 28 heavy (non-hydrogen) atoms. The summed E-state index contributed by atoms with van der Waals surface area (Å²) in [6.45, 7) is 0.264. The molecule has 5 rings (SSSR count). The molecule has 7 nitrogen and oxygen atoms in total. The van der Waals surface area contributed by atoms with Crippen LogP contribution in [0.25, 0.3) is 5.65 Å². The second kappa shape index (κ2) is 6.60. The number of fused-ring (bicyclic) bond motifs is 3. The van der Waals surface area contributed by atoms with Gasteiger partial charge >= 0.3 is 6.09 Å². The van der Waals surface area contributed by atoms with E-state index in [-0.39, 0.29) is 24.8 Å². The molecule has 2 saturated heterocycles. The zero-order valence-corrected chi connectivity index (χ0v) is 15.4. The van der Waals surface area contributed by atoms with Crippen molar-refractivity contribution in [3.05, 3.63) is 66.1 Å². The van der Waals surface area contributed by atoms with E-state index in [9.17, 15) is 9.90 Å². The third-order valence-electron chi connectivity index (χ3n) is 5.97. The molecule has 4 heterocycles. The number of benzene rings is 1. The van der Waals surface area contributed by atoms with Crippen LogP contribution in [0.15, 0.2) is 55.0 Å². The number of rotatable bonds is 3. The highest BCUT2D eigenvalue weighted by Crippen LogP contribution is 2.45. The first-order valence-corrected chi connectivity index (χ1v) is 9.64. The van der Waals surface area contributed by atoms with E-state index in [1.54, 1.807) is 16.9 Å². The number of carbonyl (C=O) groups is 1. The van der Waals surface area contributed by atoms with Crippen LogP contribution >= 0.6 is 0 Å². The first-order chi connectivity index (χ1) is 13.6. The van der Waals surface area contributed by atoms with Gasteiger partial charge in [0.05, 0.1) is 11.8 Å². The molecule has 2 aliphatic heterocycles. The van der Waals surface area contributed by atoms with Gasteiger partial charge in [0.25, 0.3) is 0 Å². The third-order valence-corrected chi connectivity index (χ3v) is 5.97. The van der Waals surface area contributed by atoms with E-state index in [1.165, 1.54) is 0 Å². The molecule has 144 valence electrons. The monoisotopic (exact) mass is 378 g/mol. The van der Waals surface area contributed by atoms with Gasteiger partial charge in [-0.1, -0.05) is 30.3 Å². The molecule has 2 atom stereocenters. The molecular weight excluding hydrogens is 356 g/mol. The van der Waals surface area contributed by atoms with Crippen molar-refractivity contribution < 1.29 is 14.6 Å². The number of aromatic nitrogens is 3. The van der Waals surface area contributed by atoms with E-state index >= 15 is 0 Å². The van der Waals surface area contributed by atoms with Crippen LogP contribution in [0.2, 0.25) is 0 Å². The quantitative estimate of drug-likeness (QED) is 0.758. The average molecular weight is 378 g/mol. The maximum absolute atomic E-state index is 12.7. The molecule has 2 aromatic heterocycles. The average Bonchev–Trinajstić information content (AvgIpc) is 3.29. The van der Waals surface area contributed by atoms with Crippen LogP contribution in [0, 0.1) is 0 Å². The molecular formula is C21H22N4O3. The Hall–Kier alpha value is -2.93. The summed E-state index contributed by atoms with van der Waals surface area (Å²) in [6, 6.07) is 11.4. The Morgan fingerprint density at radius 1 is 1.18 bits per heavy atom. The second-order valence-electron chi connectivity index (χ2n) is 7.75. The predicted molar refractivity (Wildman–Crippen MR) is 101 cm³/mol. The van der Waals surface area contributed by atoms with Crippen LogP contribution in [0.3, 0.4) is 0 Å². The Balaban J connectivity index is 1.32. The van der Waals surface area contributed by atoms with Crippen LogP contribution in [-0.2, 0) is 16.9 Å². The van der Waals surface area contributed by atoms with Gasteiger partial charge in [-0.3, -0.25) is 0 Å². The van der Waals surface area contributed by atoms with Crippen molar-refractivity contribution >= 4 is 11.7 Å². The lowest BCUT2D eigenvalue weighted by Gasteiger charge is -2.43. The van der Waals surface area contributed by atoms with Gasteiger partial charge in [-0.05, 0) is 18.4 Å². The van der Waals surface area contributed by atoms with E-state index in [1.807, 2.05) is 47.5 Å². The molecule has 3 aromatic rings. The minimum absolute atomic E-state index is 0.0275. The Labute approximate surface area is 162 Å². The van der Waals surface area contributed by atoms with Crippen molar-refractivity contribution in [2.75, 3.05) is 0 Å². The number of amides is 1. The van der Waals surface area contributed by atoms with Crippen molar-refractivity contribution in [3.8, 4) is 0 Å². The van der Waals surface area contributed by atoms with E-state index in [4.69, 9.17) is 4.74 Å². The summed E-state index contributed by atoms with van der Waals surface area (Å²) in [4.78, 5) is 18.9. The fraction of sp³-hybridized carbons (Fsp3) is 0.381. The molecule has 1 amide bonds. The Morgan fingerprint density at radius 3 is 2.68 bits per heavy atom. The highest BCUT2D eigenvalue weighted by molar-refractivity contribution is 5.69. The molecule has 0 saturated carbocycles. The lowest BCUT2D eigenvalue weighted by Crippen LogP contribution is -2.52. The van der Waals surface area contributed by atoms with Crippen LogP contribution in [-0.4, -0.2) is 42.8 Å². The molecule has 2 fully saturated rings. The number of carbonyl (C=O) groups excluding carboxylic acids is 1. The third kappa shape index (κ3) is 2.92. The van der Waals surface area contributed by atoms with Crippen molar-refractivity contribution in [1.29, 1.82) is 0 Å². The first-order valence-electron chi connectivity index (χ1n) is 9.64. The summed E-state index contributed by atoms with van der Waals surface area (Å²) in [5.41, 5.74) is 1.46. The number of hydrogen-bond donors (Lipinski definition) is 1. The maximum atomic E-state index is 12.7. The molecule has 1 aromatic carbocycles. The highest BCUT2D eigenvalue weighted by atomic mass is 16.6. The Morgan fingerprint density at radius 2 is 1.93 bits per heavy atom. The topological polar surface area (TPSA) is 80.0 Å².